The molecular weight excluding hydrogens is 326 g/mol. The Morgan fingerprint density at radius 2 is 1.81 bits per heavy atom. The van der Waals surface area contributed by atoms with Crippen LogP contribution >= 0.6 is 0 Å². The molecule has 1 heterocycles. The molecule has 1 saturated heterocycles. The molecule has 3 rings (SSSR count). The Hall–Kier alpha value is -2.75. The fourth-order valence-corrected chi connectivity index (χ4v) is 3.41. The van der Waals surface area contributed by atoms with Gasteiger partial charge in [0.25, 0.3) is 0 Å². The number of carbonyl (C=O) groups excluding carboxylic acids is 1. The maximum atomic E-state index is 12.7. The van der Waals surface area contributed by atoms with Gasteiger partial charge >= 0.3 is 0 Å². The van der Waals surface area contributed by atoms with E-state index in [0.29, 0.717) is 11.5 Å². The summed E-state index contributed by atoms with van der Waals surface area (Å²) in [5, 5.41) is 0. The third kappa shape index (κ3) is 4.45. The predicted molar refractivity (Wildman–Crippen MR) is 103 cm³/mol. The molecule has 1 atom stereocenters. The minimum Gasteiger partial charge on any atom is -0.497 e. The van der Waals surface area contributed by atoms with Crippen LogP contribution in [0.15, 0.2) is 54.6 Å². The highest BCUT2D eigenvalue weighted by Gasteiger charge is 2.27. The zero-order valence-electron chi connectivity index (χ0n) is 15.4. The minimum absolute atomic E-state index is 0.0604. The number of nitrogens with zero attached hydrogens (tertiary/aromatic N) is 1. The molecule has 1 aliphatic heterocycles. The summed E-state index contributed by atoms with van der Waals surface area (Å²) < 4.78 is 10.6. The first-order valence-electron chi connectivity index (χ1n) is 8.95. The SMILES string of the molecule is COc1cc(/C=C/C(=O)N2CCCC2Cc2ccccc2)cc(OC)c1. The number of rotatable bonds is 6. The maximum absolute atomic E-state index is 12.7. The average molecular weight is 351 g/mol. The normalized spacial score (nSPS) is 16.8. The second kappa shape index (κ2) is 8.56. The van der Waals surface area contributed by atoms with Gasteiger partial charge in [0.1, 0.15) is 11.5 Å². The zero-order valence-corrected chi connectivity index (χ0v) is 15.4. The smallest absolute Gasteiger partial charge is 0.246 e. The number of methoxy groups -OCH3 is 2. The van der Waals surface area contributed by atoms with E-state index in [-0.39, 0.29) is 11.9 Å². The monoisotopic (exact) mass is 351 g/mol. The number of amides is 1. The molecule has 0 radical (unpaired) electrons. The van der Waals surface area contributed by atoms with Crippen LogP contribution < -0.4 is 9.47 Å². The molecule has 136 valence electrons. The summed E-state index contributed by atoms with van der Waals surface area (Å²) in [5.41, 5.74) is 2.16. The van der Waals surface area contributed by atoms with E-state index in [1.54, 1.807) is 20.3 Å². The minimum atomic E-state index is 0.0604. The summed E-state index contributed by atoms with van der Waals surface area (Å²) in [5.74, 6) is 1.48. The van der Waals surface area contributed by atoms with Crippen LogP contribution in [0.3, 0.4) is 0 Å². The molecule has 0 saturated carbocycles. The molecule has 0 N–H and O–H groups in total. The largest absolute Gasteiger partial charge is 0.497 e. The molecule has 0 aromatic heterocycles. The van der Waals surface area contributed by atoms with E-state index >= 15 is 0 Å². The Morgan fingerprint density at radius 3 is 2.46 bits per heavy atom. The number of likely N-dealkylation sites (tertiary alicyclic amines) is 1. The number of hydrogen-bond donors (Lipinski definition) is 0. The fourth-order valence-electron chi connectivity index (χ4n) is 3.41. The lowest BCUT2D eigenvalue weighted by Gasteiger charge is -2.23. The first kappa shape index (κ1) is 18.1. The topological polar surface area (TPSA) is 38.8 Å². The van der Waals surface area contributed by atoms with Crippen molar-refractivity contribution >= 4 is 12.0 Å². The number of ether oxygens (including phenoxy) is 2. The highest BCUT2D eigenvalue weighted by atomic mass is 16.5. The second-order valence-corrected chi connectivity index (χ2v) is 6.50. The second-order valence-electron chi connectivity index (χ2n) is 6.50. The first-order valence-corrected chi connectivity index (χ1v) is 8.95. The van der Waals surface area contributed by atoms with Crippen molar-refractivity contribution in [3.05, 3.63) is 65.7 Å². The van der Waals surface area contributed by atoms with E-state index in [4.69, 9.17) is 9.47 Å². The highest BCUT2D eigenvalue weighted by molar-refractivity contribution is 5.92. The van der Waals surface area contributed by atoms with Gasteiger partial charge in [-0.1, -0.05) is 30.3 Å². The van der Waals surface area contributed by atoms with Crippen molar-refractivity contribution in [1.82, 2.24) is 4.90 Å². The van der Waals surface area contributed by atoms with Gasteiger partial charge < -0.3 is 14.4 Å². The van der Waals surface area contributed by atoms with Gasteiger partial charge in [0.2, 0.25) is 5.91 Å². The van der Waals surface area contributed by atoms with Crippen molar-refractivity contribution in [2.75, 3.05) is 20.8 Å². The van der Waals surface area contributed by atoms with E-state index in [1.807, 2.05) is 47.4 Å². The molecule has 2 aromatic carbocycles. The van der Waals surface area contributed by atoms with E-state index < -0.39 is 0 Å². The lowest BCUT2D eigenvalue weighted by molar-refractivity contribution is -0.126. The summed E-state index contributed by atoms with van der Waals surface area (Å²) >= 11 is 0. The van der Waals surface area contributed by atoms with Gasteiger partial charge in [-0.25, -0.2) is 0 Å². The van der Waals surface area contributed by atoms with Crippen molar-refractivity contribution in [2.45, 2.75) is 25.3 Å². The van der Waals surface area contributed by atoms with Crippen LogP contribution in [-0.4, -0.2) is 37.6 Å². The standard InChI is InChI=1S/C22H25NO3/c1-25-20-14-18(15-21(16-20)26-2)10-11-22(24)23-12-6-9-19(23)13-17-7-4-3-5-8-17/h3-5,7-8,10-11,14-16,19H,6,9,12-13H2,1-2H3/b11-10+. The van der Waals surface area contributed by atoms with E-state index in [0.717, 1.165) is 31.4 Å². The molecule has 2 aromatic rings. The lowest BCUT2D eigenvalue weighted by atomic mass is 10.0. The molecule has 1 unspecified atom stereocenters. The molecule has 0 aliphatic carbocycles. The summed E-state index contributed by atoms with van der Waals surface area (Å²) in [4.78, 5) is 14.7. The number of hydrogen-bond acceptors (Lipinski definition) is 3. The van der Waals surface area contributed by atoms with Gasteiger partial charge in [0.05, 0.1) is 14.2 Å². The van der Waals surface area contributed by atoms with Crippen LogP contribution in [0.25, 0.3) is 6.08 Å². The zero-order chi connectivity index (χ0) is 18.4. The van der Waals surface area contributed by atoms with Gasteiger partial charge in [0.15, 0.2) is 0 Å². The van der Waals surface area contributed by atoms with Gasteiger partial charge in [-0.15, -0.1) is 0 Å². The van der Waals surface area contributed by atoms with E-state index in [2.05, 4.69) is 12.1 Å². The fraction of sp³-hybridized carbons (Fsp3) is 0.318. The van der Waals surface area contributed by atoms with Crippen LogP contribution in [0, 0.1) is 0 Å². The third-order valence-corrected chi connectivity index (χ3v) is 4.77. The Balaban J connectivity index is 1.69. The van der Waals surface area contributed by atoms with Crippen LogP contribution in [0.2, 0.25) is 0 Å². The maximum Gasteiger partial charge on any atom is 0.246 e. The summed E-state index contributed by atoms with van der Waals surface area (Å²) in [7, 11) is 3.23. The molecule has 4 heteroatoms. The van der Waals surface area contributed by atoms with Crippen LogP contribution in [-0.2, 0) is 11.2 Å². The van der Waals surface area contributed by atoms with E-state index in [9.17, 15) is 4.79 Å². The van der Waals surface area contributed by atoms with E-state index in [1.165, 1.54) is 5.56 Å². The molecule has 1 fully saturated rings. The third-order valence-electron chi connectivity index (χ3n) is 4.77. The molecule has 0 spiro atoms. The van der Waals surface area contributed by atoms with Crippen LogP contribution in [0.5, 0.6) is 11.5 Å². The molecule has 1 aliphatic rings. The van der Waals surface area contributed by atoms with Gasteiger partial charge in [-0.3, -0.25) is 4.79 Å². The molecule has 1 amide bonds. The molecule has 26 heavy (non-hydrogen) atoms. The Bertz CT molecular complexity index is 748. The summed E-state index contributed by atoms with van der Waals surface area (Å²) in [6.07, 6.45) is 6.50. The summed E-state index contributed by atoms with van der Waals surface area (Å²) in [6, 6.07) is 16.2. The highest BCUT2D eigenvalue weighted by Crippen LogP contribution is 2.24. The van der Waals surface area contributed by atoms with Crippen molar-refractivity contribution in [3.63, 3.8) is 0 Å². The van der Waals surface area contributed by atoms with Crippen molar-refractivity contribution in [2.24, 2.45) is 0 Å². The lowest BCUT2D eigenvalue weighted by Crippen LogP contribution is -2.35. The Morgan fingerprint density at radius 1 is 1.12 bits per heavy atom. The Labute approximate surface area is 155 Å². The van der Waals surface area contributed by atoms with Gasteiger partial charge in [-0.05, 0) is 48.6 Å². The summed E-state index contributed by atoms with van der Waals surface area (Å²) in [6.45, 7) is 0.822. The molecule has 4 nitrogen and oxygen atoms in total. The van der Waals surface area contributed by atoms with Crippen molar-refractivity contribution in [1.29, 1.82) is 0 Å². The van der Waals surface area contributed by atoms with Gasteiger partial charge in [-0.2, -0.15) is 0 Å². The quantitative estimate of drug-likeness (QED) is 0.740. The molecular formula is C22H25NO3. The van der Waals surface area contributed by atoms with Gasteiger partial charge in [0, 0.05) is 24.7 Å². The molecule has 0 bridgehead atoms. The number of carbonyl (C=O) groups is 1. The van der Waals surface area contributed by atoms with Crippen molar-refractivity contribution in [3.8, 4) is 11.5 Å². The predicted octanol–water partition coefficient (Wildman–Crippen LogP) is 3.95. The number of benzene rings is 2. The Kier molecular flexibility index (Phi) is 5.95. The van der Waals surface area contributed by atoms with Crippen LogP contribution in [0.1, 0.15) is 24.0 Å². The van der Waals surface area contributed by atoms with Crippen molar-refractivity contribution < 1.29 is 14.3 Å². The van der Waals surface area contributed by atoms with Crippen LogP contribution in [0.4, 0.5) is 0 Å². The average Bonchev–Trinajstić information content (AvgIpc) is 3.14. The first-order chi connectivity index (χ1) is 12.7.